The molecule has 0 bridgehead atoms. The second-order valence-electron chi connectivity index (χ2n) is 12.9. The molecule has 0 aliphatic heterocycles. The predicted octanol–water partition coefficient (Wildman–Crippen LogP) is 9.49. The lowest BCUT2D eigenvalue weighted by Gasteiger charge is -2.15. The maximum atomic E-state index is 12.2. The van der Waals surface area contributed by atoms with Crippen molar-refractivity contribution in [3.05, 3.63) is 154 Å². The number of carbonyl (C=O) groups is 1. The number of hydrogen-bond donors (Lipinski definition) is 4. The lowest BCUT2D eigenvalue weighted by molar-refractivity contribution is -0.115. The average molecular weight is 675 g/mol. The lowest BCUT2D eigenvalue weighted by Crippen LogP contribution is -2.13. The molecule has 8 heteroatoms. The van der Waals surface area contributed by atoms with E-state index in [1.807, 2.05) is 66.0 Å². The Morgan fingerprint density at radius 3 is 1.90 bits per heavy atom. The first-order valence-electron chi connectivity index (χ1n) is 17.1. The first-order chi connectivity index (χ1) is 24.5. The number of pyridine rings is 2. The number of nitrogens with zero attached hydrogens (tertiary/aromatic N) is 2. The summed E-state index contributed by atoms with van der Waals surface area (Å²) in [6.45, 7) is 0. The van der Waals surface area contributed by atoms with E-state index in [0.29, 0.717) is 18.5 Å². The second kappa shape index (κ2) is 14.0. The summed E-state index contributed by atoms with van der Waals surface area (Å²) in [7, 11) is 0. The predicted molar refractivity (Wildman–Crippen MR) is 207 cm³/mol. The molecule has 5 N–H and O–H groups in total. The van der Waals surface area contributed by atoms with Crippen molar-refractivity contribution in [1.82, 2.24) is 9.97 Å². The highest BCUT2D eigenvalue weighted by molar-refractivity contribution is 7.10. The largest absolute Gasteiger partial charge is 0.399 e. The van der Waals surface area contributed by atoms with Crippen molar-refractivity contribution < 1.29 is 4.79 Å². The summed E-state index contributed by atoms with van der Waals surface area (Å²) in [6.07, 6.45) is 4.86. The molecule has 0 saturated carbocycles. The highest BCUT2D eigenvalue weighted by Crippen LogP contribution is 2.35. The number of fused-ring (bicyclic) bond motifs is 4. The fraction of sp³-hybridized carbons (Fsp3) is 0.167. The van der Waals surface area contributed by atoms with E-state index in [1.165, 1.54) is 22.3 Å². The van der Waals surface area contributed by atoms with E-state index in [9.17, 15) is 4.79 Å². The fourth-order valence-corrected chi connectivity index (χ4v) is 7.76. The highest BCUT2D eigenvalue weighted by Gasteiger charge is 2.23. The van der Waals surface area contributed by atoms with Gasteiger partial charge in [0.1, 0.15) is 11.6 Å². The quantitative estimate of drug-likeness (QED) is 0.126. The van der Waals surface area contributed by atoms with Crippen LogP contribution in [0.3, 0.4) is 0 Å². The third-order valence-corrected chi connectivity index (χ3v) is 10.4. The first kappa shape index (κ1) is 31.5. The molecule has 0 unspecified atom stereocenters. The van der Waals surface area contributed by atoms with Crippen LogP contribution in [0.2, 0.25) is 0 Å². The highest BCUT2D eigenvalue weighted by atomic mass is 32.1. The van der Waals surface area contributed by atoms with Crippen molar-refractivity contribution in [2.45, 2.75) is 44.2 Å². The van der Waals surface area contributed by atoms with Crippen LogP contribution < -0.4 is 21.7 Å². The summed E-state index contributed by atoms with van der Waals surface area (Å²) in [6, 6.07) is 41.7. The minimum absolute atomic E-state index is 0.00190. The number of nitrogens with two attached hydrogens (primary N) is 1. The number of carbonyl (C=O) groups excluding carboxylic acids is 1. The number of aryl methyl sites for hydroxylation is 2. The number of anilines is 4. The van der Waals surface area contributed by atoms with Gasteiger partial charge in [-0.05, 0) is 120 Å². The maximum Gasteiger partial charge on any atom is 0.229 e. The number of rotatable bonds is 7. The summed E-state index contributed by atoms with van der Waals surface area (Å²) in [4.78, 5) is 22.8. The van der Waals surface area contributed by atoms with Crippen LogP contribution in [-0.4, -0.2) is 15.9 Å². The maximum absolute atomic E-state index is 12.2. The zero-order chi connectivity index (χ0) is 33.9. The SMILES string of the molecule is Nc1ccc2nc(N[C@@H]3CCc4ccccc43)ccc2c1.O=C(Cc1cccs1)Nc1ccc2nc(N[C@@H]3CCc4ccccc43)ccc2c1. The van der Waals surface area contributed by atoms with E-state index in [4.69, 9.17) is 10.7 Å². The van der Waals surface area contributed by atoms with Gasteiger partial charge in [-0.25, -0.2) is 9.97 Å². The van der Waals surface area contributed by atoms with Gasteiger partial charge in [-0.2, -0.15) is 0 Å². The number of nitrogen functional groups attached to an aromatic ring is 1. The van der Waals surface area contributed by atoms with Crippen LogP contribution in [-0.2, 0) is 24.1 Å². The van der Waals surface area contributed by atoms with Gasteiger partial charge in [0, 0.05) is 27.0 Å². The number of nitrogens with one attached hydrogen (secondary N) is 3. The van der Waals surface area contributed by atoms with E-state index in [1.54, 1.807) is 11.3 Å². The number of thiophene rings is 1. The van der Waals surface area contributed by atoms with Crippen LogP contribution in [0.25, 0.3) is 21.8 Å². The molecule has 2 atom stereocenters. The average Bonchev–Trinajstić information content (AvgIpc) is 3.90. The molecule has 2 aliphatic rings. The van der Waals surface area contributed by atoms with E-state index < -0.39 is 0 Å². The third-order valence-electron chi connectivity index (χ3n) is 9.51. The Kier molecular flexibility index (Phi) is 8.84. The minimum Gasteiger partial charge on any atom is -0.399 e. The smallest absolute Gasteiger partial charge is 0.229 e. The molecule has 7 aromatic rings. The molecule has 0 radical (unpaired) electrons. The summed E-state index contributed by atoms with van der Waals surface area (Å²) in [5.41, 5.74) is 14.9. The van der Waals surface area contributed by atoms with Crippen molar-refractivity contribution >= 4 is 62.1 Å². The topological polar surface area (TPSA) is 105 Å². The zero-order valence-corrected chi connectivity index (χ0v) is 28.4. The Hall–Kier alpha value is -5.73. The lowest BCUT2D eigenvalue weighted by atomic mass is 10.1. The van der Waals surface area contributed by atoms with Gasteiger partial charge in [0.25, 0.3) is 0 Å². The third kappa shape index (κ3) is 7.02. The van der Waals surface area contributed by atoms with Gasteiger partial charge in [-0.3, -0.25) is 4.79 Å². The fourth-order valence-electron chi connectivity index (χ4n) is 7.06. The van der Waals surface area contributed by atoms with Crippen LogP contribution in [0.15, 0.2) is 127 Å². The first-order valence-corrected chi connectivity index (χ1v) is 18.0. The summed E-state index contributed by atoms with van der Waals surface area (Å²) in [5.74, 6) is 1.81. The van der Waals surface area contributed by atoms with E-state index in [-0.39, 0.29) is 5.91 Å². The molecule has 0 saturated heterocycles. The van der Waals surface area contributed by atoms with Crippen molar-refractivity contribution in [2.75, 3.05) is 21.7 Å². The second-order valence-corrected chi connectivity index (χ2v) is 14.0. The van der Waals surface area contributed by atoms with E-state index in [2.05, 4.69) is 81.6 Å². The van der Waals surface area contributed by atoms with Gasteiger partial charge in [0.15, 0.2) is 0 Å². The molecule has 3 heterocycles. The van der Waals surface area contributed by atoms with Crippen molar-refractivity contribution in [2.24, 2.45) is 0 Å². The molecule has 7 nitrogen and oxygen atoms in total. The summed E-state index contributed by atoms with van der Waals surface area (Å²) < 4.78 is 0. The number of amides is 1. The Morgan fingerprint density at radius 2 is 1.28 bits per heavy atom. The van der Waals surface area contributed by atoms with Crippen LogP contribution in [0.1, 0.15) is 52.1 Å². The number of hydrogen-bond acceptors (Lipinski definition) is 7. The molecule has 9 rings (SSSR count). The Bertz CT molecular complexity index is 2300. The number of aromatic nitrogens is 2. The molecule has 2 aliphatic carbocycles. The summed E-state index contributed by atoms with van der Waals surface area (Å²) in [5, 5.41) is 14.2. The van der Waals surface area contributed by atoms with Crippen LogP contribution in [0.5, 0.6) is 0 Å². The van der Waals surface area contributed by atoms with Crippen LogP contribution >= 0.6 is 11.3 Å². The Labute approximate surface area is 295 Å². The zero-order valence-electron chi connectivity index (χ0n) is 27.6. The van der Waals surface area contributed by atoms with E-state index >= 15 is 0 Å². The molecule has 0 spiro atoms. The van der Waals surface area contributed by atoms with Crippen molar-refractivity contribution in [3.63, 3.8) is 0 Å². The van der Waals surface area contributed by atoms with Gasteiger partial charge in [0.2, 0.25) is 5.91 Å². The molecule has 50 heavy (non-hydrogen) atoms. The molecule has 1 amide bonds. The van der Waals surface area contributed by atoms with Crippen LogP contribution in [0.4, 0.5) is 23.0 Å². The molecule has 4 aromatic carbocycles. The van der Waals surface area contributed by atoms with Crippen LogP contribution in [0, 0.1) is 0 Å². The molecule has 248 valence electrons. The van der Waals surface area contributed by atoms with Gasteiger partial charge in [-0.15, -0.1) is 11.3 Å². The molecule has 3 aromatic heterocycles. The normalized spacial score (nSPS) is 15.9. The molecule has 0 fully saturated rings. The summed E-state index contributed by atoms with van der Waals surface area (Å²) >= 11 is 1.60. The van der Waals surface area contributed by atoms with Gasteiger partial charge >= 0.3 is 0 Å². The van der Waals surface area contributed by atoms with Crippen molar-refractivity contribution in [3.8, 4) is 0 Å². The Morgan fingerprint density at radius 1 is 0.680 bits per heavy atom. The minimum atomic E-state index is -0.00190. The molecular formula is C42H38N6OS. The Balaban J connectivity index is 0.000000152. The monoisotopic (exact) mass is 674 g/mol. The molecular weight excluding hydrogens is 637 g/mol. The standard InChI is InChI=1S/C24H21N3OS.C18H17N3/c28-24(15-19-5-3-13-29-19)25-18-9-11-21-17(14-18)8-12-23(26-21)27-22-10-7-16-4-1-2-6-20(16)22;19-14-7-9-16-13(11-14)6-10-18(20-16)21-17-8-5-12-3-1-2-4-15(12)17/h1-6,8-9,11-14,22H,7,10,15H2,(H,25,28)(H,26,27);1-4,6-7,9-11,17H,5,8,19H2,(H,20,21)/t22-;17-/m11/s1. The number of benzene rings is 4. The van der Waals surface area contributed by atoms with Gasteiger partial charge < -0.3 is 21.7 Å². The van der Waals surface area contributed by atoms with Gasteiger partial charge in [0.05, 0.1) is 29.5 Å². The van der Waals surface area contributed by atoms with Crippen molar-refractivity contribution in [1.29, 1.82) is 0 Å². The van der Waals surface area contributed by atoms with E-state index in [0.717, 1.165) is 75.4 Å². The van der Waals surface area contributed by atoms with Gasteiger partial charge in [-0.1, -0.05) is 54.6 Å².